The fourth-order valence-electron chi connectivity index (χ4n) is 4.57. The van der Waals surface area contributed by atoms with E-state index in [9.17, 15) is 18.4 Å². The Morgan fingerprint density at radius 1 is 1.07 bits per heavy atom. The number of anilines is 1. The van der Waals surface area contributed by atoms with Gasteiger partial charge in [0.2, 0.25) is 0 Å². The van der Waals surface area contributed by atoms with E-state index in [1.165, 1.54) is 16.8 Å². The second-order valence-electron chi connectivity index (χ2n) is 9.52. The molecule has 5 rings (SSSR count). The second kappa shape index (κ2) is 11.1. The first kappa shape index (κ1) is 27.9. The Hall–Kier alpha value is -4.65. The average Bonchev–Trinajstić information content (AvgIpc) is 3.63. The third-order valence-corrected chi connectivity index (χ3v) is 7.46. The average molecular weight is 580 g/mol. The molecule has 0 saturated carbocycles. The largest absolute Gasteiger partial charge is 0.471 e. The highest BCUT2D eigenvalue weighted by Crippen LogP contribution is 2.43. The summed E-state index contributed by atoms with van der Waals surface area (Å²) in [7, 11) is 0. The lowest BCUT2D eigenvalue weighted by Crippen LogP contribution is -2.18. The van der Waals surface area contributed by atoms with E-state index in [0.717, 1.165) is 22.5 Å². The summed E-state index contributed by atoms with van der Waals surface area (Å²) in [5, 5.41) is 11.8. The van der Waals surface area contributed by atoms with Gasteiger partial charge in [-0.3, -0.25) is 14.3 Å². The Morgan fingerprint density at radius 3 is 2.44 bits per heavy atom. The Bertz CT molecular complexity index is 1770. The van der Waals surface area contributed by atoms with Crippen LogP contribution in [0.3, 0.4) is 0 Å². The van der Waals surface area contributed by atoms with Crippen LogP contribution in [0.4, 0.5) is 14.5 Å². The number of alkyl halides is 2. The van der Waals surface area contributed by atoms with E-state index in [4.69, 9.17) is 10.5 Å². The molecule has 0 saturated heterocycles. The molecule has 4 heterocycles. The summed E-state index contributed by atoms with van der Waals surface area (Å²) >= 11 is 0.835. The highest BCUT2D eigenvalue weighted by Gasteiger charge is 2.27. The van der Waals surface area contributed by atoms with Crippen LogP contribution in [0.5, 0.6) is 5.75 Å². The first-order valence-electron chi connectivity index (χ1n) is 12.7. The number of amides is 2. The number of halogens is 2. The number of fused-ring (bicyclic) bond motifs is 1. The number of hydrogen-bond donors (Lipinski definition) is 2. The molecule has 0 aliphatic heterocycles. The number of pyridine rings is 1. The van der Waals surface area contributed by atoms with Crippen LogP contribution in [0.1, 0.15) is 56.0 Å². The zero-order valence-corrected chi connectivity index (χ0v) is 23.6. The van der Waals surface area contributed by atoms with Gasteiger partial charge in [-0.1, -0.05) is 6.07 Å². The van der Waals surface area contributed by atoms with Crippen molar-refractivity contribution < 1.29 is 23.1 Å². The van der Waals surface area contributed by atoms with Crippen LogP contribution in [-0.4, -0.2) is 36.4 Å². The molecule has 0 bridgehead atoms. The van der Waals surface area contributed by atoms with Gasteiger partial charge in [0.1, 0.15) is 21.2 Å². The number of rotatable bonds is 9. The Labute approximate surface area is 237 Å². The van der Waals surface area contributed by atoms with Gasteiger partial charge in [0, 0.05) is 29.9 Å². The molecule has 13 heteroatoms. The molecule has 41 heavy (non-hydrogen) atoms. The van der Waals surface area contributed by atoms with Crippen molar-refractivity contribution in [1.29, 1.82) is 0 Å². The number of benzene rings is 1. The minimum atomic E-state index is -2.85. The van der Waals surface area contributed by atoms with Gasteiger partial charge in [0.25, 0.3) is 18.2 Å². The van der Waals surface area contributed by atoms with Crippen molar-refractivity contribution in [1.82, 2.24) is 24.5 Å². The van der Waals surface area contributed by atoms with E-state index < -0.39 is 23.9 Å². The number of nitrogens with two attached hydrogens (primary N) is 1. The Balaban J connectivity index is 1.51. The van der Waals surface area contributed by atoms with E-state index in [-0.39, 0.29) is 27.8 Å². The molecule has 0 atom stereocenters. The number of aryl methyl sites for hydroxylation is 4. The van der Waals surface area contributed by atoms with Crippen molar-refractivity contribution in [3.63, 3.8) is 0 Å². The number of hydrogen-bond acceptors (Lipinski definition) is 7. The van der Waals surface area contributed by atoms with Crippen molar-refractivity contribution >= 4 is 39.1 Å². The Kier molecular flexibility index (Phi) is 7.54. The molecule has 1 aromatic carbocycles. The minimum absolute atomic E-state index is 0.0216. The molecule has 3 N–H and O–H groups in total. The molecular weight excluding hydrogens is 552 g/mol. The van der Waals surface area contributed by atoms with Crippen molar-refractivity contribution in [3.05, 3.63) is 75.8 Å². The molecule has 2 amide bonds. The molecule has 10 nitrogen and oxygen atoms in total. The van der Waals surface area contributed by atoms with Crippen LogP contribution in [0, 0.1) is 20.8 Å². The zero-order chi connectivity index (χ0) is 29.4. The summed E-state index contributed by atoms with van der Waals surface area (Å²) in [4.78, 5) is 29.9. The first-order valence-corrected chi connectivity index (χ1v) is 13.5. The number of primary amides is 1. The van der Waals surface area contributed by atoms with Crippen LogP contribution in [0.25, 0.3) is 21.3 Å². The predicted molar refractivity (Wildman–Crippen MR) is 151 cm³/mol. The smallest absolute Gasteiger partial charge is 0.280 e. The molecule has 0 aliphatic carbocycles. The highest BCUT2D eigenvalue weighted by atomic mass is 32.1. The number of aromatic nitrogens is 5. The number of ether oxygens (including phenoxy) is 1. The minimum Gasteiger partial charge on any atom is -0.471 e. The van der Waals surface area contributed by atoms with E-state index in [2.05, 4.69) is 20.5 Å². The van der Waals surface area contributed by atoms with E-state index in [0.29, 0.717) is 34.5 Å². The van der Waals surface area contributed by atoms with Crippen molar-refractivity contribution in [3.8, 4) is 16.9 Å². The van der Waals surface area contributed by atoms with Crippen LogP contribution in [-0.2, 0) is 13.3 Å². The maximum atomic E-state index is 13.8. The number of carbonyl (C=O) groups is 2. The lowest BCUT2D eigenvalue weighted by atomic mass is 10.0. The molecule has 0 unspecified atom stereocenters. The van der Waals surface area contributed by atoms with E-state index in [1.807, 2.05) is 39.0 Å². The van der Waals surface area contributed by atoms with Gasteiger partial charge in [0.05, 0.1) is 11.4 Å². The molecule has 4 aromatic heterocycles. The number of nitrogens with one attached hydrogen (secondary N) is 1. The van der Waals surface area contributed by atoms with Crippen LogP contribution < -0.4 is 15.8 Å². The highest BCUT2D eigenvalue weighted by molar-refractivity contribution is 7.21. The van der Waals surface area contributed by atoms with Gasteiger partial charge >= 0.3 is 0 Å². The predicted octanol–water partition coefficient (Wildman–Crippen LogP) is 5.63. The summed E-state index contributed by atoms with van der Waals surface area (Å²) < 4.78 is 36.6. The molecule has 212 valence electrons. The number of thiophene rings is 1. The van der Waals surface area contributed by atoms with Crippen LogP contribution in [0.2, 0.25) is 0 Å². The number of carbonyl (C=O) groups excluding carboxylic acids is 2. The summed E-state index contributed by atoms with van der Waals surface area (Å²) in [5.74, 6) is -0.784. The van der Waals surface area contributed by atoms with Gasteiger partial charge in [-0.05, 0) is 68.7 Å². The number of nitrogens with zero attached hydrogens (tertiary/aromatic N) is 5. The summed E-state index contributed by atoms with van der Waals surface area (Å²) in [5.41, 5.74) is 8.94. The van der Waals surface area contributed by atoms with Crippen LogP contribution in [0.15, 0.2) is 42.7 Å². The van der Waals surface area contributed by atoms with Crippen LogP contribution >= 0.6 is 11.3 Å². The zero-order valence-electron chi connectivity index (χ0n) is 22.7. The lowest BCUT2D eigenvalue weighted by molar-refractivity contribution is 0.100. The quantitative estimate of drug-likeness (QED) is 0.233. The molecular formula is C28H27F2N7O3S. The fourth-order valence-corrected chi connectivity index (χ4v) is 5.58. The van der Waals surface area contributed by atoms with E-state index >= 15 is 0 Å². The molecule has 0 fully saturated rings. The van der Waals surface area contributed by atoms with E-state index in [1.54, 1.807) is 24.0 Å². The Morgan fingerprint density at radius 2 is 1.80 bits per heavy atom. The maximum Gasteiger partial charge on any atom is 0.280 e. The normalized spacial score (nSPS) is 11.4. The van der Waals surface area contributed by atoms with Crippen molar-refractivity contribution in [2.24, 2.45) is 5.73 Å². The van der Waals surface area contributed by atoms with Gasteiger partial charge in [-0.25, -0.2) is 18.4 Å². The summed E-state index contributed by atoms with van der Waals surface area (Å²) in [6, 6.07) is 8.58. The topological polar surface area (TPSA) is 130 Å². The maximum absolute atomic E-state index is 13.8. The lowest BCUT2D eigenvalue weighted by Gasteiger charge is -2.10. The van der Waals surface area contributed by atoms with Gasteiger partial charge in [-0.15, -0.1) is 11.3 Å². The van der Waals surface area contributed by atoms with Gasteiger partial charge in [-0.2, -0.15) is 10.2 Å². The second-order valence-corrected chi connectivity index (χ2v) is 10.5. The third kappa shape index (κ3) is 5.66. The fraction of sp³-hybridized carbons (Fsp3) is 0.250. The molecule has 5 aromatic rings. The van der Waals surface area contributed by atoms with Crippen molar-refractivity contribution in [2.45, 2.75) is 47.4 Å². The first-order chi connectivity index (χ1) is 19.5. The summed E-state index contributed by atoms with van der Waals surface area (Å²) in [6.07, 6.45) is 0.457. The summed E-state index contributed by atoms with van der Waals surface area (Å²) in [6.45, 7) is 8.22. The standard InChI is InChI=1S/C28H27F2N7O3S/c1-5-36-12-19(16(4)34-36)18-11-21(25(29)30)32-28-22(18)23(24(41-28)26(31)38)33-27(39)20-6-7-37(35-20)13-40-17-9-14(2)8-15(3)10-17/h6-12,25H,5,13H2,1-4H3,(H2,31,38)(H,33,39). The SMILES string of the molecule is CCn1cc(-c2cc(C(F)F)nc3sc(C(N)=O)c(NC(=O)c4ccn(COc5cc(C)cc(C)c5)n4)c23)c(C)n1. The van der Waals surface area contributed by atoms with Gasteiger partial charge in [0.15, 0.2) is 12.4 Å². The van der Waals surface area contributed by atoms with Gasteiger partial charge < -0.3 is 15.8 Å². The third-order valence-electron chi connectivity index (χ3n) is 6.36. The molecule has 0 aliphatic rings. The molecule has 0 spiro atoms. The van der Waals surface area contributed by atoms with Crippen molar-refractivity contribution in [2.75, 3.05) is 5.32 Å². The molecule has 0 radical (unpaired) electrons. The monoisotopic (exact) mass is 579 g/mol.